The minimum Gasteiger partial charge on any atom is -0.493 e. The van der Waals surface area contributed by atoms with Crippen molar-refractivity contribution in [2.45, 2.75) is 43.0 Å². The SMILES string of the molecule is COc1cc(C(=O)N2CC[C@]3(Cl)CCCC[C@H]3[C@H]2c2ccccc2)cc(OC)c1OC. The third-order valence-electron chi connectivity index (χ3n) is 6.82. The molecule has 1 aliphatic carbocycles. The van der Waals surface area contributed by atoms with Crippen LogP contribution in [-0.4, -0.2) is 43.6 Å². The molecule has 0 aromatic heterocycles. The van der Waals surface area contributed by atoms with Gasteiger partial charge >= 0.3 is 0 Å². The molecule has 1 amide bonds. The standard InChI is InChI=1S/C25H30ClNO4/c1-29-20-15-18(16-21(30-2)23(20)31-3)24(28)27-14-13-25(26)12-8-7-11-19(25)22(27)17-9-5-4-6-10-17/h4-6,9-10,15-16,19,22H,7-8,11-14H2,1-3H3/t19-,22+,25+/m0/s1. The van der Waals surface area contributed by atoms with Gasteiger partial charge in [0.2, 0.25) is 5.75 Å². The van der Waals surface area contributed by atoms with Crippen LogP contribution >= 0.6 is 11.6 Å². The molecule has 1 saturated heterocycles. The van der Waals surface area contributed by atoms with E-state index >= 15 is 0 Å². The fraction of sp³-hybridized carbons (Fsp3) is 0.480. The molecule has 5 nitrogen and oxygen atoms in total. The fourth-order valence-electron chi connectivity index (χ4n) is 5.30. The molecule has 2 fully saturated rings. The van der Waals surface area contributed by atoms with Crippen molar-refractivity contribution in [2.24, 2.45) is 5.92 Å². The Hall–Kier alpha value is -2.40. The van der Waals surface area contributed by atoms with E-state index in [9.17, 15) is 4.79 Å². The van der Waals surface area contributed by atoms with Crippen LogP contribution in [0.2, 0.25) is 0 Å². The van der Waals surface area contributed by atoms with Crippen LogP contribution < -0.4 is 14.2 Å². The van der Waals surface area contributed by atoms with Crippen LogP contribution in [-0.2, 0) is 0 Å². The summed E-state index contributed by atoms with van der Waals surface area (Å²) in [7, 11) is 4.67. The first-order chi connectivity index (χ1) is 15.0. The highest BCUT2D eigenvalue weighted by atomic mass is 35.5. The minimum atomic E-state index is -0.245. The van der Waals surface area contributed by atoms with Crippen molar-refractivity contribution in [3.8, 4) is 17.2 Å². The topological polar surface area (TPSA) is 48.0 Å². The van der Waals surface area contributed by atoms with E-state index in [-0.39, 0.29) is 22.7 Å². The lowest BCUT2D eigenvalue weighted by molar-refractivity contribution is 0.0279. The highest BCUT2D eigenvalue weighted by Gasteiger charge is 2.50. The Bertz CT molecular complexity index is 909. The van der Waals surface area contributed by atoms with E-state index in [1.165, 1.54) is 0 Å². The lowest BCUT2D eigenvalue weighted by Crippen LogP contribution is -2.53. The largest absolute Gasteiger partial charge is 0.493 e. The van der Waals surface area contributed by atoms with Gasteiger partial charge in [0, 0.05) is 18.0 Å². The Morgan fingerprint density at radius 3 is 2.29 bits per heavy atom. The molecule has 1 aliphatic heterocycles. The highest BCUT2D eigenvalue weighted by Crippen LogP contribution is 2.53. The minimum absolute atomic E-state index is 0.0441. The van der Waals surface area contributed by atoms with Gasteiger partial charge in [-0.15, -0.1) is 11.6 Å². The molecule has 6 heteroatoms. The van der Waals surface area contributed by atoms with Crippen LogP contribution in [0, 0.1) is 5.92 Å². The summed E-state index contributed by atoms with van der Waals surface area (Å²) >= 11 is 7.18. The monoisotopic (exact) mass is 443 g/mol. The van der Waals surface area contributed by atoms with Crippen molar-refractivity contribution in [3.63, 3.8) is 0 Å². The maximum absolute atomic E-state index is 13.8. The van der Waals surface area contributed by atoms with Crippen molar-refractivity contribution >= 4 is 17.5 Å². The molecule has 2 aromatic rings. The number of hydrogen-bond acceptors (Lipinski definition) is 4. The van der Waals surface area contributed by atoms with Crippen molar-refractivity contribution in [1.82, 2.24) is 4.90 Å². The van der Waals surface area contributed by atoms with Gasteiger partial charge in [-0.3, -0.25) is 4.79 Å². The number of hydrogen-bond donors (Lipinski definition) is 0. The van der Waals surface area contributed by atoms with Gasteiger partial charge < -0.3 is 19.1 Å². The first-order valence-corrected chi connectivity index (χ1v) is 11.2. The average molecular weight is 444 g/mol. The lowest BCUT2D eigenvalue weighted by Gasteiger charge is -2.52. The molecule has 0 unspecified atom stereocenters. The molecule has 0 radical (unpaired) electrons. The zero-order valence-corrected chi connectivity index (χ0v) is 19.2. The number of amides is 1. The van der Waals surface area contributed by atoms with Gasteiger partial charge in [-0.2, -0.15) is 0 Å². The number of likely N-dealkylation sites (tertiary alicyclic amines) is 1. The van der Waals surface area contributed by atoms with Crippen molar-refractivity contribution < 1.29 is 19.0 Å². The molecule has 166 valence electrons. The molecule has 2 aliphatic rings. The number of ether oxygens (including phenoxy) is 3. The average Bonchev–Trinajstić information content (AvgIpc) is 2.82. The summed E-state index contributed by atoms with van der Waals surface area (Å²) < 4.78 is 16.4. The molecule has 31 heavy (non-hydrogen) atoms. The van der Waals surface area contributed by atoms with E-state index in [2.05, 4.69) is 12.1 Å². The van der Waals surface area contributed by atoms with E-state index in [0.717, 1.165) is 37.7 Å². The zero-order valence-electron chi connectivity index (χ0n) is 18.4. The van der Waals surface area contributed by atoms with Gasteiger partial charge in [-0.1, -0.05) is 43.2 Å². The van der Waals surface area contributed by atoms with Gasteiger partial charge in [0.05, 0.1) is 32.2 Å². The first-order valence-electron chi connectivity index (χ1n) is 10.9. The summed E-state index contributed by atoms with van der Waals surface area (Å²) in [6.07, 6.45) is 5.15. The smallest absolute Gasteiger partial charge is 0.254 e. The van der Waals surface area contributed by atoms with E-state index in [4.69, 9.17) is 25.8 Å². The number of benzene rings is 2. The Balaban J connectivity index is 1.76. The molecule has 1 saturated carbocycles. The Morgan fingerprint density at radius 1 is 1.00 bits per heavy atom. The number of carbonyl (C=O) groups excluding carboxylic acids is 1. The van der Waals surface area contributed by atoms with Crippen LogP contribution in [0.25, 0.3) is 0 Å². The molecule has 2 aromatic carbocycles. The Morgan fingerprint density at radius 2 is 1.68 bits per heavy atom. The Kier molecular flexibility index (Phi) is 6.33. The number of piperidine rings is 1. The van der Waals surface area contributed by atoms with E-state index in [0.29, 0.717) is 29.4 Å². The van der Waals surface area contributed by atoms with Crippen molar-refractivity contribution in [3.05, 3.63) is 53.6 Å². The second kappa shape index (κ2) is 8.99. The molecule has 0 spiro atoms. The number of rotatable bonds is 5. The first kappa shape index (κ1) is 21.8. The van der Waals surface area contributed by atoms with Crippen LogP contribution in [0.15, 0.2) is 42.5 Å². The number of fused-ring (bicyclic) bond motifs is 1. The summed E-state index contributed by atoms with van der Waals surface area (Å²) in [4.78, 5) is 15.6. The molecular formula is C25H30ClNO4. The van der Waals surface area contributed by atoms with Gasteiger partial charge in [-0.25, -0.2) is 0 Å². The van der Waals surface area contributed by atoms with Crippen molar-refractivity contribution in [1.29, 1.82) is 0 Å². The van der Waals surface area contributed by atoms with Gasteiger partial charge in [0.1, 0.15) is 0 Å². The normalized spacial score (nSPS) is 25.5. The van der Waals surface area contributed by atoms with Gasteiger partial charge in [0.25, 0.3) is 5.91 Å². The molecule has 1 heterocycles. The maximum Gasteiger partial charge on any atom is 0.254 e. The number of alkyl halides is 1. The molecule has 0 N–H and O–H groups in total. The number of methoxy groups -OCH3 is 3. The van der Waals surface area contributed by atoms with Crippen molar-refractivity contribution in [2.75, 3.05) is 27.9 Å². The fourth-order valence-corrected chi connectivity index (χ4v) is 5.75. The predicted octanol–water partition coefficient (Wildman–Crippen LogP) is 5.47. The third-order valence-corrected chi connectivity index (χ3v) is 7.48. The summed E-state index contributed by atoms with van der Waals surface area (Å²) in [6, 6.07) is 13.7. The lowest BCUT2D eigenvalue weighted by atomic mass is 9.68. The molecule has 4 rings (SSSR count). The second-order valence-electron chi connectivity index (χ2n) is 8.40. The predicted molar refractivity (Wildman–Crippen MR) is 121 cm³/mol. The summed E-state index contributed by atoms with van der Waals surface area (Å²) in [6.45, 7) is 0.620. The Labute approximate surface area is 189 Å². The number of carbonyl (C=O) groups is 1. The number of halogens is 1. The summed E-state index contributed by atoms with van der Waals surface area (Å²) in [5, 5.41) is 0. The maximum atomic E-state index is 13.8. The van der Waals surface area contributed by atoms with Gasteiger partial charge in [0.15, 0.2) is 11.5 Å². The van der Waals surface area contributed by atoms with E-state index < -0.39 is 0 Å². The quantitative estimate of drug-likeness (QED) is 0.575. The van der Waals surface area contributed by atoms with Gasteiger partial charge in [-0.05, 0) is 37.0 Å². The molecular weight excluding hydrogens is 414 g/mol. The second-order valence-corrected chi connectivity index (χ2v) is 9.16. The number of nitrogens with zero attached hydrogens (tertiary/aromatic N) is 1. The van der Waals surface area contributed by atoms with Crippen LogP contribution in [0.3, 0.4) is 0 Å². The van der Waals surface area contributed by atoms with E-state index in [1.54, 1.807) is 33.5 Å². The van der Waals surface area contributed by atoms with Crippen LogP contribution in [0.4, 0.5) is 0 Å². The molecule has 0 bridgehead atoms. The summed E-state index contributed by atoms with van der Waals surface area (Å²) in [5.74, 6) is 1.61. The summed E-state index contributed by atoms with van der Waals surface area (Å²) in [5.41, 5.74) is 1.66. The molecule has 3 atom stereocenters. The zero-order chi connectivity index (χ0) is 22.0. The van der Waals surface area contributed by atoms with Crippen LogP contribution in [0.5, 0.6) is 17.2 Å². The highest BCUT2D eigenvalue weighted by molar-refractivity contribution is 6.24. The van der Waals surface area contributed by atoms with Crippen LogP contribution in [0.1, 0.15) is 54.1 Å². The van der Waals surface area contributed by atoms with E-state index in [1.807, 2.05) is 23.1 Å². The third kappa shape index (κ3) is 3.96.